The quantitative estimate of drug-likeness (QED) is 0.124. The minimum absolute atomic E-state index is 0.175. The fourth-order valence-corrected chi connectivity index (χ4v) is 10.2. The van der Waals surface area contributed by atoms with Gasteiger partial charge in [-0.05, 0) is 74.1 Å². The van der Waals surface area contributed by atoms with Crippen LogP contribution in [0.3, 0.4) is 0 Å². The van der Waals surface area contributed by atoms with Gasteiger partial charge in [0.25, 0.3) is 0 Å². The van der Waals surface area contributed by atoms with Crippen LogP contribution in [-0.4, -0.2) is 62.8 Å². The number of likely N-dealkylation sites (N-methyl/N-ethyl adjacent to an activating group) is 1. The van der Waals surface area contributed by atoms with Crippen LogP contribution in [0.2, 0.25) is 0 Å². The number of quaternary nitrogens is 1. The number of benzene rings is 3. The van der Waals surface area contributed by atoms with E-state index in [9.17, 15) is 0 Å². The van der Waals surface area contributed by atoms with Crippen LogP contribution in [0.5, 0.6) is 0 Å². The molecule has 0 bridgehead atoms. The molecule has 0 aromatic heterocycles. The highest BCUT2D eigenvalue weighted by molar-refractivity contribution is 5.59. The summed E-state index contributed by atoms with van der Waals surface area (Å²) < 4.78 is 14.7. The maximum Gasteiger partial charge on any atom is 0.165 e. The molecule has 5 nitrogen and oxygen atoms in total. The Morgan fingerprint density at radius 3 is 2.24 bits per heavy atom. The molecule has 0 N–H and O–H groups in total. The number of hydrogen-bond donors (Lipinski definition) is 0. The molecule has 276 valence electrons. The van der Waals surface area contributed by atoms with Crippen LogP contribution in [0.15, 0.2) is 84.9 Å². The van der Waals surface area contributed by atoms with Crippen molar-refractivity contribution in [3.8, 4) is 0 Å². The first-order chi connectivity index (χ1) is 25.0. The van der Waals surface area contributed by atoms with E-state index >= 15 is 0 Å². The summed E-state index contributed by atoms with van der Waals surface area (Å²) in [5, 5.41) is 0. The van der Waals surface area contributed by atoms with Crippen molar-refractivity contribution in [1.29, 1.82) is 0 Å². The normalized spacial score (nSPS) is 26.7. The van der Waals surface area contributed by atoms with Crippen LogP contribution in [0, 0.1) is 11.8 Å². The first kappa shape index (κ1) is 36.6. The Labute approximate surface area is 309 Å². The van der Waals surface area contributed by atoms with E-state index in [1.807, 2.05) is 0 Å². The smallest absolute Gasteiger partial charge is 0.165 e. The zero-order chi connectivity index (χ0) is 35.0. The van der Waals surface area contributed by atoms with Crippen LogP contribution < -0.4 is 9.38 Å². The van der Waals surface area contributed by atoms with E-state index in [0.717, 1.165) is 49.9 Å². The second-order valence-corrected chi connectivity index (χ2v) is 16.7. The topological polar surface area (TPSA) is 24.9 Å². The minimum atomic E-state index is 0.175. The summed E-state index contributed by atoms with van der Waals surface area (Å²) >= 11 is 0. The molecule has 7 rings (SSSR count). The summed E-state index contributed by atoms with van der Waals surface area (Å²) in [6.07, 6.45) is 16.7. The van der Waals surface area contributed by atoms with Crippen LogP contribution in [0.1, 0.15) is 121 Å². The molecule has 0 radical (unpaired) electrons. The Kier molecular flexibility index (Phi) is 12.5. The Morgan fingerprint density at radius 2 is 1.51 bits per heavy atom. The third kappa shape index (κ3) is 8.59. The number of hydrogen-bond acceptors (Lipinski definition) is 4. The SMILES string of the molecule is CCN(CC(OC[C@@H](C)c1ccccc1)C(C)CC1CCCCC1)c1cccc([N+]2(C3CCCCCC3)CC3OC[C@H](c4ccccc4)N3C2)c1. The Bertz CT molecular complexity index is 1470. The molecule has 2 heterocycles. The Hall–Kier alpha value is -2.70. The molecule has 2 aliphatic heterocycles. The van der Waals surface area contributed by atoms with Crippen molar-refractivity contribution >= 4 is 11.4 Å². The van der Waals surface area contributed by atoms with Crippen molar-refractivity contribution in [2.45, 2.75) is 128 Å². The predicted molar refractivity (Wildman–Crippen MR) is 213 cm³/mol. The summed E-state index contributed by atoms with van der Waals surface area (Å²) in [5.41, 5.74) is 5.59. The molecule has 4 unspecified atom stereocenters. The van der Waals surface area contributed by atoms with Gasteiger partial charge in [0.2, 0.25) is 0 Å². The number of ether oxygens (including phenoxy) is 2. The van der Waals surface area contributed by atoms with Gasteiger partial charge in [-0.25, -0.2) is 4.90 Å². The van der Waals surface area contributed by atoms with Crippen molar-refractivity contribution in [1.82, 2.24) is 9.38 Å². The number of nitrogens with zero attached hydrogens (tertiary/aromatic N) is 3. The van der Waals surface area contributed by atoms with Gasteiger partial charge < -0.3 is 14.4 Å². The number of fused-ring (bicyclic) bond motifs is 1. The maximum absolute atomic E-state index is 7.01. The van der Waals surface area contributed by atoms with Crippen LogP contribution in [0.25, 0.3) is 0 Å². The summed E-state index contributed by atoms with van der Waals surface area (Å²) in [6, 6.07) is 32.7. The van der Waals surface area contributed by atoms with Crippen molar-refractivity contribution in [3.63, 3.8) is 0 Å². The molecule has 0 spiro atoms. The van der Waals surface area contributed by atoms with Gasteiger partial charge in [0, 0.05) is 30.8 Å². The van der Waals surface area contributed by atoms with Gasteiger partial charge in [-0.2, -0.15) is 0 Å². The predicted octanol–water partition coefficient (Wildman–Crippen LogP) is 10.7. The zero-order valence-electron chi connectivity index (χ0n) is 32.0. The summed E-state index contributed by atoms with van der Waals surface area (Å²) in [6.45, 7) is 12.7. The average Bonchev–Trinajstić information content (AvgIpc) is 3.63. The van der Waals surface area contributed by atoms with Crippen LogP contribution in [0.4, 0.5) is 11.4 Å². The standard InChI is InChI=1S/C46H66N3O2/c1-4-47(31-45(36(2)29-38-19-10-7-11-20-38)50-33-37(3)39-21-12-8-13-22-39)41-25-18-28-43(30-41)49(42-26-16-5-6-17-27-42)32-46-48(35-49)44(34-51-46)40-23-14-9-15-24-40/h8-9,12-15,18,21-25,28,30,36-38,42,44-46H,4-7,10-11,16-17,19-20,26-27,29,31-35H2,1-3H3/q+1/t36?,37-,44-,45?,46?,49?/m1/s1. The lowest BCUT2D eigenvalue weighted by molar-refractivity contribution is 0.00754. The van der Waals surface area contributed by atoms with E-state index < -0.39 is 0 Å². The molecule has 3 aromatic rings. The van der Waals surface area contributed by atoms with E-state index in [2.05, 4.69) is 116 Å². The lowest BCUT2D eigenvalue weighted by atomic mass is 9.81. The van der Waals surface area contributed by atoms with Crippen molar-refractivity contribution in [2.24, 2.45) is 11.8 Å². The third-order valence-electron chi connectivity index (χ3n) is 13.3. The summed E-state index contributed by atoms with van der Waals surface area (Å²) in [7, 11) is 0. The van der Waals surface area contributed by atoms with Crippen LogP contribution in [-0.2, 0) is 9.47 Å². The fourth-order valence-electron chi connectivity index (χ4n) is 10.2. The van der Waals surface area contributed by atoms with E-state index in [4.69, 9.17) is 9.47 Å². The molecule has 0 amide bonds. The van der Waals surface area contributed by atoms with Crippen molar-refractivity contribution in [2.75, 3.05) is 44.4 Å². The second-order valence-electron chi connectivity index (χ2n) is 16.7. The van der Waals surface area contributed by atoms with Gasteiger partial charge in [0.1, 0.15) is 18.9 Å². The third-order valence-corrected chi connectivity index (χ3v) is 13.3. The molecule has 2 saturated heterocycles. The molecule has 3 aromatic carbocycles. The molecule has 2 aliphatic carbocycles. The molecule has 4 aliphatic rings. The van der Waals surface area contributed by atoms with Crippen LogP contribution >= 0.6 is 0 Å². The largest absolute Gasteiger partial charge is 0.375 e. The second kappa shape index (κ2) is 17.4. The van der Waals surface area contributed by atoms with E-state index in [-0.39, 0.29) is 12.3 Å². The Balaban J connectivity index is 1.14. The zero-order valence-corrected chi connectivity index (χ0v) is 32.0. The highest BCUT2D eigenvalue weighted by Crippen LogP contribution is 2.45. The minimum Gasteiger partial charge on any atom is -0.375 e. The summed E-state index contributed by atoms with van der Waals surface area (Å²) in [5.74, 6) is 1.75. The molecule has 5 heteroatoms. The monoisotopic (exact) mass is 693 g/mol. The lowest BCUT2D eigenvalue weighted by Crippen LogP contribution is -2.57. The highest BCUT2D eigenvalue weighted by Gasteiger charge is 2.55. The highest BCUT2D eigenvalue weighted by atomic mass is 16.5. The van der Waals surface area contributed by atoms with Gasteiger partial charge in [-0.3, -0.25) is 4.48 Å². The van der Waals surface area contributed by atoms with Crippen molar-refractivity contribution in [3.05, 3.63) is 96.1 Å². The van der Waals surface area contributed by atoms with Gasteiger partial charge in [0.05, 0.1) is 31.4 Å². The first-order valence-electron chi connectivity index (χ1n) is 20.8. The molecular weight excluding hydrogens is 627 g/mol. The first-order valence-corrected chi connectivity index (χ1v) is 20.8. The van der Waals surface area contributed by atoms with Gasteiger partial charge >= 0.3 is 0 Å². The molecule has 51 heavy (non-hydrogen) atoms. The maximum atomic E-state index is 7.01. The van der Waals surface area contributed by atoms with E-state index in [0.29, 0.717) is 23.9 Å². The average molecular weight is 693 g/mol. The number of anilines is 1. The fraction of sp³-hybridized carbons (Fsp3) is 0.609. The van der Waals surface area contributed by atoms with Gasteiger partial charge in [0.15, 0.2) is 6.23 Å². The lowest BCUT2D eigenvalue weighted by Gasteiger charge is -2.42. The molecular formula is C46H66N3O2+. The molecule has 4 fully saturated rings. The van der Waals surface area contributed by atoms with E-state index in [1.165, 1.54) is 99.6 Å². The molecule has 6 atom stereocenters. The Morgan fingerprint density at radius 1 is 0.824 bits per heavy atom. The van der Waals surface area contributed by atoms with E-state index in [1.54, 1.807) is 0 Å². The van der Waals surface area contributed by atoms with Crippen molar-refractivity contribution < 1.29 is 9.47 Å². The molecule has 2 saturated carbocycles. The summed E-state index contributed by atoms with van der Waals surface area (Å²) in [4.78, 5) is 5.33. The number of rotatable bonds is 14. The van der Waals surface area contributed by atoms with Gasteiger partial charge in [-0.1, -0.05) is 126 Å². The van der Waals surface area contributed by atoms with Gasteiger partial charge in [-0.15, -0.1) is 0 Å².